The van der Waals surface area contributed by atoms with Crippen LogP contribution in [0.25, 0.3) is 5.69 Å². The molecule has 0 atom stereocenters. The van der Waals surface area contributed by atoms with Crippen molar-refractivity contribution in [1.82, 2.24) is 9.78 Å². The summed E-state index contributed by atoms with van der Waals surface area (Å²) in [6.07, 6.45) is -4.33. The lowest BCUT2D eigenvalue weighted by Crippen LogP contribution is -2.09. The van der Waals surface area contributed by atoms with Crippen LogP contribution in [0.4, 0.5) is 18.9 Å². The molecule has 0 radical (unpaired) electrons. The quantitative estimate of drug-likeness (QED) is 0.693. The normalized spacial score (nSPS) is 11.5. The minimum atomic E-state index is -4.97. The van der Waals surface area contributed by atoms with Gasteiger partial charge in [-0.2, -0.15) is 18.3 Å². The maximum atomic E-state index is 12.7. The number of aromatic nitrogens is 2. The third-order valence-corrected chi connectivity index (χ3v) is 2.87. The van der Waals surface area contributed by atoms with Crippen molar-refractivity contribution in [2.24, 2.45) is 0 Å². The van der Waals surface area contributed by atoms with Crippen molar-refractivity contribution in [3.05, 3.63) is 51.3 Å². The molecule has 0 saturated carbocycles. The molecule has 1 aromatic carbocycles. The summed E-state index contributed by atoms with van der Waals surface area (Å²) in [5.41, 5.74) is -2.44. The van der Waals surface area contributed by atoms with E-state index in [-0.39, 0.29) is 16.8 Å². The number of carbonyl (C=O) groups is 1. The lowest BCUT2D eigenvalue weighted by molar-refractivity contribution is -0.388. The van der Waals surface area contributed by atoms with Gasteiger partial charge >= 0.3 is 17.8 Å². The van der Waals surface area contributed by atoms with Gasteiger partial charge < -0.3 is 5.11 Å². The van der Waals surface area contributed by atoms with Crippen LogP contribution in [0.3, 0.4) is 0 Å². The molecule has 0 aliphatic heterocycles. The predicted octanol–water partition coefficient (Wildman–Crippen LogP) is 2.81. The summed E-state index contributed by atoms with van der Waals surface area (Å²) in [6, 6.07) is 3.68. The van der Waals surface area contributed by atoms with Crippen LogP contribution in [0.2, 0.25) is 0 Å². The summed E-state index contributed by atoms with van der Waals surface area (Å²) in [5.74, 6) is -1.19. The molecule has 0 spiro atoms. The van der Waals surface area contributed by atoms with E-state index in [1.807, 2.05) is 0 Å². The maximum Gasteiger partial charge on any atom is 0.442 e. The van der Waals surface area contributed by atoms with Crippen molar-refractivity contribution in [2.75, 3.05) is 0 Å². The molecule has 22 heavy (non-hydrogen) atoms. The molecule has 0 aliphatic carbocycles. The van der Waals surface area contributed by atoms with E-state index in [1.54, 1.807) is 0 Å². The minimum absolute atomic E-state index is 0.0264. The van der Waals surface area contributed by atoms with Gasteiger partial charge in [0.25, 0.3) is 0 Å². The number of aryl methyl sites for hydroxylation is 1. The second kappa shape index (κ2) is 5.13. The Labute approximate surface area is 120 Å². The highest BCUT2D eigenvalue weighted by atomic mass is 19.4. The number of nitrogens with zero attached hydrogens (tertiary/aromatic N) is 3. The monoisotopic (exact) mass is 315 g/mol. The SMILES string of the molecule is Cc1cc(-n2cc([N+](=O)[O-])c(C(F)(F)F)n2)ccc1C(=O)O. The fourth-order valence-corrected chi connectivity index (χ4v) is 1.86. The summed E-state index contributed by atoms with van der Waals surface area (Å²) >= 11 is 0. The fraction of sp³-hybridized carbons (Fsp3) is 0.167. The average molecular weight is 315 g/mol. The highest BCUT2D eigenvalue weighted by Crippen LogP contribution is 2.35. The van der Waals surface area contributed by atoms with Crippen LogP contribution in [-0.2, 0) is 6.18 Å². The number of halogens is 3. The number of hydrogen-bond donors (Lipinski definition) is 1. The lowest BCUT2D eigenvalue weighted by atomic mass is 10.1. The molecule has 10 heteroatoms. The number of carboxylic acids is 1. The second-order valence-electron chi connectivity index (χ2n) is 4.37. The highest BCUT2D eigenvalue weighted by molar-refractivity contribution is 5.89. The molecule has 0 saturated heterocycles. The van der Waals surface area contributed by atoms with Crippen LogP contribution in [0.5, 0.6) is 0 Å². The molecule has 1 N–H and O–H groups in total. The Morgan fingerprint density at radius 2 is 2.05 bits per heavy atom. The number of nitro groups is 1. The molecular weight excluding hydrogens is 307 g/mol. The number of rotatable bonds is 3. The van der Waals surface area contributed by atoms with Gasteiger partial charge in [0.05, 0.1) is 16.2 Å². The van der Waals surface area contributed by atoms with Crippen LogP contribution in [0, 0.1) is 17.0 Å². The molecule has 1 aromatic heterocycles. The zero-order chi connectivity index (χ0) is 16.7. The third kappa shape index (κ3) is 2.75. The largest absolute Gasteiger partial charge is 0.478 e. The number of alkyl halides is 3. The summed E-state index contributed by atoms with van der Waals surface area (Å²) < 4.78 is 38.9. The topological polar surface area (TPSA) is 98.3 Å². The van der Waals surface area contributed by atoms with E-state index < -0.39 is 28.5 Å². The molecule has 2 rings (SSSR count). The average Bonchev–Trinajstić information content (AvgIpc) is 2.83. The van der Waals surface area contributed by atoms with E-state index in [0.717, 1.165) is 0 Å². The highest BCUT2D eigenvalue weighted by Gasteiger charge is 2.42. The van der Waals surface area contributed by atoms with Gasteiger partial charge in [0.1, 0.15) is 6.20 Å². The molecule has 1 heterocycles. The van der Waals surface area contributed by atoms with Gasteiger partial charge in [-0.15, -0.1) is 0 Å². The molecule has 2 aromatic rings. The van der Waals surface area contributed by atoms with Crippen LogP contribution < -0.4 is 0 Å². The minimum Gasteiger partial charge on any atom is -0.478 e. The van der Waals surface area contributed by atoms with Crippen molar-refractivity contribution < 1.29 is 28.0 Å². The Kier molecular flexibility index (Phi) is 3.61. The zero-order valence-corrected chi connectivity index (χ0v) is 11.0. The van der Waals surface area contributed by atoms with Gasteiger partial charge in [0.2, 0.25) is 5.69 Å². The van der Waals surface area contributed by atoms with E-state index in [2.05, 4.69) is 5.10 Å². The van der Waals surface area contributed by atoms with E-state index in [9.17, 15) is 28.1 Å². The first kappa shape index (κ1) is 15.5. The summed E-state index contributed by atoms with van der Waals surface area (Å²) in [4.78, 5) is 20.4. The van der Waals surface area contributed by atoms with Gasteiger partial charge in [-0.1, -0.05) is 0 Å². The summed E-state index contributed by atoms with van der Waals surface area (Å²) in [5, 5.41) is 22.8. The molecule has 0 bridgehead atoms. The number of benzene rings is 1. The maximum absolute atomic E-state index is 12.7. The van der Waals surface area contributed by atoms with Gasteiger partial charge in [0, 0.05) is 0 Å². The van der Waals surface area contributed by atoms with E-state index in [0.29, 0.717) is 10.9 Å². The van der Waals surface area contributed by atoms with Crippen molar-refractivity contribution in [2.45, 2.75) is 13.1 Å². The second-order valence-corrected chi connectivity index (χ2v) is 4.37. The van der Waals surface area contributed by atoms with Crippen molar-refractivity contribution >= 4 is 11.7 Å². The molecular formula is C12H8F3N3O4. The van der Waals surface area contributed by atoms with Crippen LogP contribution in [0.15, 0.2) is 24.4 Å². The lowest BCUT2D eigenvalue weighted by Gasteiger charge is -2.05. The fourth-order valence-electron chi connectivity index (χ4n) is 1.86. The standard InChI is InChI=1S/C12H8F3N3O4/c1-6-4-7(2-3-8(6)11(19)20)17-5-9(18(21)22)10(16-17)12(13,14)15/h2-5H,1H3,(H,19,20). The van der Waals surface area contributed by atoms with Gasteiger partial charge in [-0.05, 0) is 30.7 Å². The first-order valence-corrected chi connectivity index (χ1v) is 5.77. The first-order valence-electron chi connectivity index (χ1n) is 5.77. The van der Waals surface area contributed by atoms with Crippen LogP contribution in [0.1, 0.15) is 21.6 Å². The molecule has 7 nitrogen and oxygen atoms in total. The number of hydrogen-bond acceptors (Lipinski definition) is 4. The Hall–Kier alpha value is -2.91. The van der Waals surface area contributed by atoms with Crippen LogP contribution in [-0.4, -0.2) is 25.8 Å². The van der Waals surface area contributed by atoms with Gasteiger partial charge in [-0.3, -0.25) is 10.1 Å². The summed E-state index contributed by atoms with van der Waals surface area (Å²) in [6.45, 7) is 1.45. The van der Waals surface area contributed by atoms with E-state index in [1.165, 1.54) is 25.1 Å². The van der Waals surface area contributed by atoms with Crippen LogP contribution >= 0.6 is 0 Å². The Morgan fingerprint density at radius 1 is 1.41 bits per heavy atom. The summed E-state index contributed by atoms with van der Waals surface area (Å²) in [7, 11) is 0. The van der Waals surface area contributed by atoms with Crippen molar-refractivity contribution in [3.63, 3.8) is 0 Å². The Morgan fingerprint density at radius 3 is 2.45 bits per heavy atom. The third-order valence-electron chi connectivity index (χ3n) is 2.87. The number of aromatic carboxylic acids is 1. The predicted molar refractivity (Wildman–Crippen MR) is 66.9 cm³/mol. The Balaban J connectivity index is 2.57. The zero-order valence-electron chi connectivity index (χ0n) is 11.0. The molecule has 0 unspecified atom stereocenters. The van der Waals surface area contributed by atoms with Gasteiger partial charge in [-0.25, -0.2) is 9.48 Å². The Bertz CT molecular complexity index is 767. The molecule has 0 aliphatic rings. The smallest absolute Gasteiger partial charge is 0.442 e. The van der Waals surface area contributed by atoms with Crippen molar-refractivity contribution in [3.8, 4) is 5.69 Å². The molecule has 0 fully saturated rings. The first-order chi connectivity index (χ1) is 10.1. The molecule has 116 valence electrons. The van der Waals surface area contributed by atoms with E-state index in [4.69, 9.17) is 5.11 Å². The molecule has 0 amide bonds. The number of carboxylic acid groups (broad SMARTS) is 1. The van der Waals surface area contributed by atoms with E-state index >= 15 is 0 Å². The van der Waals surface area contributed by atoms with Gasteiger partial charge in [0.15, 0.2) is 0 Å². The van der Waals surface area contributed by atoms with Crippen molar-refractivity contribution in [1.29, 1.82) is 0 Å².